The molecule has 1 aliphatic rings. The van der Waals surface area contributed by atoms with E-state index in [2.05, 4.69) is 14.5 Å². The van der Waals surface area contributed by atoms with E-state index in [0.717, 1.165) is 41.5 Å². The van der Waals surface area contributed by atoms with E-state index in [4.69, 9.17) is 4.74 Å². The summed E-state index contributed by atoms with van der Waals surface area (Å²) in [7, 11) is 1.68. The first-order valence-corrected chi connectivity index (χ1v) is 9.11. The van der Waals surface area contributed by atoms with Crippen molar-refractivity contribution < 1.29 is 9.53 Å². The van der Waals surface area contributed by atoms with Crippen molar-refractivity contribution in [2.24, 2.45) is 0 Å². The normalized spacial score (nSPS) is 13.7. The molecular weight excluding hydrogens is 340 g/mol. The molecule has 27 heavy (non-hydrogen) atoms. The Bertz CT molecular complexity index is 936. The summed E-state index contributed by atoms with van der Waals surface area (Å²) >= 11 is 0. The fourth-order valence-corrected chi connectivity index (χ4v) is 3.52. The molecule has 138 valence electrons. The average Bonchev–Trinajstić information content (AvgIpc) is 2.99. The van der Waals surface area contributed by atoms with Crippen LogP contribution in [0.3, 0.4) is 0 Å². The van der Waals surface area contributed by atoms with E-state index in [-0.39, 0.29) is 5.91 Å². The van der Waals surface area contributed by atoms with Gasteiger partial charge in [0.05, 0.1) is 25.4 Å². The summed E-state index contributed by atoms with van der Waals surface area (Å²) in [6.07, 6.45) is 4.70. The Morgan fingerprint density at radius 1 is 1.07 bits per heavy atom. The standard InChI is InChI=1S/C21H22N4O2/c1-27-19-8-3-2-7-17(19)18-15-23-20-9-11-24(12-13-25(18)20)21(26)14-16-6-4-5-10-22-16/h2-8,10,15H,9,11-14H2,1H3. The lowest BCUT2D eigenvalue weighted by atomic mass is 10.1. The minimum Gasteiger partial charge on any atom is -0.496 e. The van der Waals surface area contributed by atoms with Crippen LogP contribution in [0.5, 0.6) is 5.75 Å². The van der Waals surface area contributed by atoms with Gasteiger partial charge in [0, 0.05) is 43.5 Å². The number of benzene rings is 1. The van der Waals surface area contributed by atoms with E-state index < -0.39 is 0 Å². The van der Waals surface area contributed by atoms with Gasteiger partial charge in [-0.15, -0.1) is 0 Å². The smallest absolute Gasteiger partial charge is 0.228 e. The van der Waals surface area contributed by atoms with Crippen molar-refractivity contribution in [2.45, 2.75) is 19.4 Å². The molecule has 0 unspecified atom stereocenters. The topological polar surface area (TPSA) is 60.2 Å². The van der Waals surface area contributed by atoms with Crippen LogP contribution in [0.2, 0.25) is 0 Å². The number of imidazole rings is 1. The van der Waals surface area contributed by atoms with Crippen LogP contribution in [-0.2, 0) is 24.2 Å². The first-order chi connectivity index (χ1) is 13.3. The van der Waals surface area contributed by atoms with Crippen molar-refractivity contribution >= 4 is 5.91 Å². The largest absolute Gasteiger partial charge is 0.496 e. The highest BCUT2D eigenvalue weighted by Gasteiger charge is 2.22. The predicted molar refractivity (Wildman–Crippen MR) is 102 cm³/mol. The van der Waals surface area contributed by atoms with E-state index in [1.807, 2.05) is 53.6 Å². The van der Waals surface area contributed by atoms with Crippen molar-refractivity contribution in [2.75, 3.05) is 20.2 Å². The highest BCUT2D eigenvalue weighted by molar-refractivity contribution is 5.78. The summed E-state index contributed by atoms with van der Waals surface area (Å²) in [5.41, 5.74) is 2.85. The fourth-order valence-electron chi connectivity index (χ4n) is 3.52. The summed E-state index contributed by atoms with van der Waals surface area (Å²) in [6, 6.07) is 13.6. The number of rotatable bonds is 4. The monoisotopic (exact) mass is 362 g/mol. The van der Waals surface area contributed by atoms with Crippen LogP contribution in [0, 0.1) is 0 Å². The van der Waals surface area contributed by atoms with E-state index in [1.165, 1.54) is 0 Å². The number of para-hydroxylation sites is 1. The van der Waals surface area contributed by atoms with Crippen LogP contribution in [0.25, 0.3) is 11.3 Å². The molecule has 0 N–H and O–H groups in total. The number of pyridine rings is 1. The summed E-state index contributed by atoms with van der Waals surface area (Å²) in [5.74, 6) is 1.94. The van der Waals surface area contributed by atoms with E-state index in [1.54, 1.807) is 13.3 Å². The molecule has 0 fully saturated rings. The molecule has 1 aliphatic heterocycles. The number of carbonyl (C=O) groups is 1. The van der Waals surface area contributed by atoms with E-state index in [9.17, 15) is 4.79 Å². The van der Waals surface area contributed by atoms with E-state index in [0.29, 0.717) is 19.5 Å². The maximum absolute atomic E-state index is 12.7. The van der Waals surface area contributed by atoms with Crippen molar-refractivity contribution in [1.29, 1.82) is 0 Å². The lowest BCUT2D eigenvalue weighted by molar-refractivity contribution is -0.130. The predicted octanol–water partition coefficient (Wildman–Crippen LogP) is 2.58. The van der Waals surface area contributed by atoms with Crippen molar-refractivity contribution in [1.82, 2.24) is 19.4 Å². The van der Waals surface area contributed by atoms with Crippen LogP contribution in [0.1, 0.15) is 11.5 Å². The van der Waals surface area contributed by atoms with Gasteiger partial charge in [0.1, 0.15) is 11.6 Å². The number of hydrogen-bond donors (Lipinski definition) is 0. The molecule has 0 aliphatic carbocycles. The maximum Gasteiger partial charge on any atom is 0.228 e. The lowest BCUT2D eigenvalue weighted by Gasteiger charge is -2.20. The quantitative estimate of drug-likeness (QED) is 0.716. The maximum atomic E-state index is 12.7. The van der Waals surface area contributed by atoms with Gasteiger partial charge in [-0.1, -0.05) is 18.2 Å². The second-order valence-corrected chi connectivity index (χ2v) is 6.54. The molecule has 6 nitrogen and oxygen atoms in total. The molecule has 4 rings (SSSR count). The van der Waals surface area contributed by atoms with Crippen LogP contribution >= 0.6 is 0 Å². The van der Waals surface area contributed by atoms with Crippen LogP contribution in [0.15, 0.2) is 54.9 Å². The summed E-state index contributed by atoms with van der Waals surface area (Å²) in [6.45, 7) is 2.06. The van der Waals surface area contributed by atoms with Gasteiger partial charge in [-0.05, 0) is 24.3 Å². The zero-order valence-corrected chi connectivity index (χ0v) is 15.3. The number of amides is 1. The minimum absolute atomic E-state index is 0.110. The molecule has 0 saturated carbocycles. The molecular formula is C21H22N4O2. The molecule has 2 aromatic heterocycles. The SMILES string of the molecule is COc1ccccc1-c1cnc2n1CCN(C(=O)Cc1ccccn1)CC2. The number of methoxy groups -OCH3 is 1. The van der Waals surface area contributed by atoms with Crippen molar-refractivity contribution in [3.05, 3.63) is 66.4 Å². The van der Waals surface area contributed by atoms with Gasteiger partial charge < -0.3 is 14.2 Å². The third-order valence-corrected chi connectivity index (χ3v) is 4.93. The van der Waals surface area contributed by atoms with E-state index >= 15 is 0 Å². The third-order valence-electron chi connectivity index (χ3n) is 4.93. The van der Waals surface area contributed by atoms with Gasteiger partial charge in [-0.25, -0.2) is 4.98 Å². The second kappa shape index (κ2) is 7.61. The number of carbonyl (C=O) groups excluding carboxylic acids is 1. The van der Waals surface area contributed by atoms with Gasteiger partial charge in [-0.3, -0.25) is 9.78 Å². The first kappa shape index (κ1) is 17.3. The Kier molecular flexibility index (Phi) is 4.87. The summed E-state index contributed by atoms with van der Waals surface area (Å²) < 4.78 is 7.70. The molecule has 0 saturated heterocycles. The Balaban J connectivity index is 1.52. The van der Waals surface area contributed by atoms with Gasteiger partial charge in [-0.2, -0.15) is 0 Å². The second-order valence-electron chi connectivity index (χ2n) is 6.54. The number of ether oxygens (including phenoxy) is 1. The Labute approximate surface area is 158 Å². The van der Waals surface area contributed by atoms with Crippen LogP contribution in [-0.4, -0.2) is 45.5 Å². The van der Waals surface area contributed by atoms with Crippen molar-refractivity contribution in [3.63, 3.8) is 0 Å². The Morgan fingerprint density at radius 3 is 2.74 bits per heavy atom. The third kappa shape index (κ3) is 3.56. The number of nitrogens with zero attached hydrogens (tertiary/aromatic N) is 4. The molecule has 0 atom stereocenters. The first-order valence-electron chi connectivity index (χ1n) is 9.11. The fraction of sp³-hybridized carbons (Fsp3) is 0.286. The van der Waals surface area contributed by atoms with Gasteiger partial charge in [0.25, 0.3) is 0 Å². The lowest BCUT2D eigenvalue weighted by Crippen LogP contribution is -2.35. The number of aromatic nitrogens is 3. The Morgan fingerprint density at radius 2 is 1.93 bits per heavy atom. The minimum atomic E-state index is 0.110. The zero-order chi connectivity index (χ0) is 18.6. The molecule has 0 spiro atoms. The van der Waals surface area contributed by atoms with Gasteiger partial charge >= 0.3 is 0 Å². The molecule has 6 heteroatoms. The van der Waals surface area contributed by atoms with Crippen LogP contribution in [0.4, 0.5) is 0 Å². The van der Waals surface area contributed by atoms with Crippen LogP contribution < -0.4 is 4.74 Å². The highest BCUT2D eigenvalue weighted by atomic mass is 16.5. The van der Waals surface area contributed by atoms with Crippen molar-refractivity contribution in [3.8, 4) is 17.0 Å². The molecule has 3 aromatic rings. The average molecular weight is 362 g/mol. The number of fused-ring (bicyclic) bond motifs is 1. The van der Waals surface area contributed by atoms with Gasteiger partial charge in [0.2, 0.25) is 5.91 Å². The number of hydrogen-bond acceptors (Lipinski definition) is 4. The molecule has 3 heterocycles. The molecule has 1 amide bonds. The van der Waals surface area contributed by atoms with Gasteiger partial charge in [0.15, 0.2) is 0 Å². The summed E-state index contributed by atoms with van der Waals surface area (Å²) in [5, 5.41) is 0. The molecule has 1 aromatic carbocycles. The Hall–Kier alpha value is -3.15. The molecule has 0 bridgehead atoms. The zero-order valence-electron chi connectivity index (χ0n) is 15.3. The molecule has 0 radical (unpaired) electrons. The summed E-state index contributed by atoms with van der Waals surface area (Å²) in [4.78, 5) is 23.5. The highest BCUT2D eigenvalue weighted by Crippen LogP contribution is 2.31.